The van der Waals surface area contributed by atoms with Crippen molar-refractivity contribution in [3.8, 4) is 17.1 Å². The molecule has 0 saturated carbocycles. The van der Waals surface area contributed by atoms with Crippen LogP contribution in [0.2, 0.25) is 0 Å². The van der Waals surface area contributed by atoms with E-state index in [0.29, 0.717) is 16.7 Å². The van der Waals surface area contributed by atoms with Crippen molar-refractivity contribution >= 4 is 23.5 Å². The van der Waals surface area contributed by atoms with Crippen molar-refractivity contribution in [3.63, 3.8) is 0 Å². The van der Waals surface area contributed by atoms with Gasteiger partial charge in [0.05, 0.1) is 6.04 Å². The first-order valence-corrected chi connectivity index (χ1v) is 11.3. The predicted molar refractivity (Wildman–Crippen MR) is 115 cm³/mol. The lowest BCUT2D eigenvalue weighted by atomic mass is 10.2. The second kappa shape index (κ2) is 8.55. The lowest BCUT2D eigenvalue weighted by Crippen LogP contribution is -2.17. The normalized spacial score (nSPS) is 15.2. The highest BCUT2D eigenvalue weighted by molar-refractivity contribution is 8.00. The van der Waals surface area contributed by atoms with Crippen molar-refractivity contribution in [2.24, 2.45) is 0 Å². The molecule has 9 nitrogen and oxygen atoms in total. The minimum Gasteiger partial charge on any atom is -0.486 e. The van der Waals surface area contributed by atoms with Crippen molar-refractivity contribution in [3.05, 3.63) is 60.4 Å². The topological polar surface area (TPSA) is 110 Å². The van der Waals surface area contributed by atoms with Crippen LogP contribution in [0.15, 0.2) is 59.1 Å². The molecule has 0 fully saturated rings. The number of pyridine rings is 1. The molecule has 4 heterocycles. The molecule has 0 bridgehead atoms. The van der Waals surface area contributed by atoms with Crippen molar-refractivity contribution in [2.45, 2.75) is 23.0 Å². The van der Waals surface area contributed by atoms with Crippen LogP contribution in [0.5, 0.6) is 5.75 Å². The predicted octanol–water partition coefficient (Wildman–Crippen LogP) is 2.80. The molecule has 0 aliphatic carbocycles. The van der Waals surface area contributed by atoms with Gasteiger partial charge in [-0.3, -0.25) is 9.55 Å². The molecule has 1 atom stereocenters. The third kappa shape index (κ3) is 4.08. The first kappa shape index (κ1) is 19.8. The molecule has 0 radical (unpaired) electrons. The Kier molecular flexibility index (Phi) is 5.47. The molecule has 1 unspecified atom stereocenters. The Morgan fingerprint density at radius 1 is 1.16 bits per heavy atom. The number of aromatic nitrogens is 7. The molecule has 12 heteroatoms. The molecule has 3 aromatic heterocycles. The Bertz CT molecular complexity index is 1180. The molecule has 158 valence electrons. The lowest BCUT2D eigenvalue weighted by Gasteiger charge is -2.13. The van der Waals surface area contributed by atoms with E-state index in [4.69, 9.17) is 10.6 Å². The van der Waals surface area contributed by atoms with E-state index in [1.54, 1.807) is 36.3 Å². The summed E-state index contributed by atoms with van der Waals surface area (Å²) in [4.78, 5) is 4.18. The van der Waals surface area contributed by atoms with Crippen LogP contribution in [-0.2, 0) is 6.61 Å². The van der Waals surface area contributed by atoms with Gasteiger partial charge in [0.25, 0.3) is 0 Å². The van der Waals surface area contributed by atoms with E-state index in [1.807, 2.05) is 12.1 Å². The number of hydrogen-bond acceptors (Lipinski definition) is 9. The first-order valence-electron chi connectivity index (χ1n) is 9.37. The fourth-order valence-corrected chi connectivity index (χ4v) is 5.30. The maximum atomic E-state index is 13.0. The number of benzene rings is 1. The van der Waals surface area contributed by atoms with E-state index in [2.05, 4.69) is 29.9 Å². The van der Waals surface area contributed by atoms with Gasteiger partial charge in [0, 0.05) is 29.5 Å². The number of rotatable bonds is 7. The van der Waals surface area contributed by atoms with Crippen LogP contribution < -0.4 is 10.6 Å². The van der Waals surface area contributed by atoms with Crippen LogP contribution in [-0.4, -0.2) is 46.1 Å². The zero-order valence-electron chi connectivity index (χ0n) is 16.1. The molecule has 1 aliphatic rings. The Morgan fingerprint density at radius 2 is 2.03 bits per heavy atom. The van der Waals surface area contributed by atoms with Crippen LogP contribution in [0.3, 0.4) is 0 Å². The molecule has 1 aliphatic heterocycles. The molecule has 2 N–H and O–H groups in total. The summed E-state index contributed by atoms with van der Waals surface area (Å²) >= 11 is 3.19. The van der Waals surface area contributed by atoms with E-state index < -0.39 is 0 Å². The summed E-state index contributed by atoms with van der Waals surface area (Å²) in [5.74, 6) is 9.29. The number of hydrogen-bond donors (Lipinski definition) is 1. The van der Waals surface area contributed by atoms with Crippen LogP contribution in [0.4, 0.5) is 4.39 Å². The highest BCUT2D eigenvalue weighted by atomic mass is 32.2. The van der Waals surface area contributed by atoms with Crippen molar-refractivity contribution in [2.75, 3.05) is 17.3 Å². The summed E-state index contributed by atoms with van der Waals surface area (Å²) in [6.45, 7) is 0.135. The minimum atomic E-state index is -0.318. The van der Waals surface area contributed by atoms with Crippen LogP contribution in [0, 0.1) is 5.82 Å². The van der Waals surface area contributed by atoms with E-state index in [-0.39, 0.29) is 18.5 Å². The SMILES string of the molecule is Nn1c(COc2ccc(F)cc2)nnc1SCC1CSc2nnc(-c3cccnc3)n21. The van der Waals surface area contributed by atoms with Gasteiger partial charge in [-0.15, -0.1) is 20.4 Å². The molecule has 5 rings (SSSR count). The summed E-state index contributed by atoms with van der Waals surface area (Å²) in [5.41, 5.74) is 0.931. The number of halogens is 1. The largest absolute Gasteiger partial charge is 0.486 e. The smallest absolute Gasteiger partial charge is 0.209 e. The number of thioether (sulfide) groups is 2. The highest BCUT2D eigenvalue weighted by Gasteiger charge is 2.29. The first-order chi connectivity index (χ1) is 15.2. The van der Waals surface area contributed by atoms with Gasteiger partial charge >= 0.3 is 0 Å². The van der Waals surface area contributed by atoms with E-state index in [1.165, 1.54) is 28.6 Å². The fourth-order valence-electron chi connectivity index (χ4n) is 3.12. The Hall–Kier alpha value is -3.12. The van der Waals surface area contributed by atoms with Gasteiger partial charge in [-0.2, -0.15) is 0 Å². The quantitative estimate of drug-likeness (QED) is 0.331. The highest BCUT2D eigenvalue weighted by Crippen LogP contribution is 2.38. The van der Waals surface area contributed by atoms with E-state index >= 15 is 0 Å². The van der Waals surface area contributed by atoms with Crippen LogP contribution in [0.25, 0.3) is 11.4 Å². The minimum absolute atomic E-state index is 0.135. The summed E-state index contributed by atoms with van der Waals surface area (Å²) in [6, 6.07) is 9.82. The molecule has 1 aromatic carbocycles. The number of nitrogens with zero attached hydrogens (tertiary/aromatic N) is 7. The fraction of sp³-hybridized carbons (Fsp3) is 0.211. The summed E-state index contributed by atoms with van der Waals surface area (Å²) < 4.78 is 22.2. The van der Waals surface area contributed by atoms with Gasteiger partial charge < -0.3 is 10.6 Å². The Labute approximate surface area is 185 Å². The Balaban J connectivity index is 1.25. The molecule has 31 heavy (non-hydrogen) atoms. The van der Waals surface area contributed by atoms with Gasteiger partial charge in [-0.1, -0.05) is 23.5 Å². The molecule has 0 saturated heterocycles. The Morgan fingerprint density at radius 3 is 2.84 bits per heavy atom. The van der Waals surface area contributed by atoms with Crippen molar-refractivity contribution in [1.82, 2.24) is 34.6 Å². The average Bonchev–Trinajstić information content (AvgIpc) is 3.49. The van der Waals surface area contributed by atoms with Gasteiger partial charge in [0.1, 0.15) is 18.2 Å². The molecular weight excluding hydrogens is 439 g/mol. The molecule has 4 aromatic rings. The molecule has 0 spiro atoms. The average molecular weight is 457 g/mol. The van der Waals surface area contributed by atoms with Gasteiger partial charge in [0.2, 0.25) is 5.16 Å². The zero-order chi connectivity index (χ0) is 21.2. The number of nitrogen functional groups attached to an aromatic ring is 1. The van der Waals surface area contributed by atoms with Gasteiger partial charge in [-0.05, 0) is 36.4 Å². The van der Waals surface area contributed by atoms with Crippen molar-refractivity contribution < 1.29 is 9.13 Å². The van der Waals surface area contributed by atoms with Crippen LogP contribution in [0.1, 0.15) is 11.9 Å². The van der Waals surface area contributed by atoms with Crippen LogP contribution >= 0.6 is 23.5 Å². The second-order valence-corrected chi connectivity index (χ2v) is 8.68. The maximum Gasteiger partial charge on any atom is 0.209 e. The summed E-state index contributed by atoms with van der Waals surface area (Å²) in [5, 5.41) is 18.4. The van der Waals surface area contributed by atoms with E-state index in [0.717, 1.165) is 28.0 Å². The summed E-state index contributed by atoms with van der Waals surface area (Å²) in [6.07, 6.45) is 3.52. The van der Waals surface area contributed by atoms with Crippen molar-refractivity contribution in [1.29, 1.82) is 0 Å². The third-order valence-corrected chi connectivity index (χ3v) is 6.85. The third-order valence-electron chi connectivity index (χ3n) is 4.68. The lowest BCUT2D eigenvalue weighted by molar-refractivity contribution is 0.291. The standard InChI is InChI=1S/C19H17FN8OS2/c20-13-3-5-15(6-4-13)29-9-16-23-26-19(28(16)21)31-11-14-10-30-18-25-24-17(27(14)18)12-2-1-7-22-8-12/h1-8,14H,9-11,21H2. The molecular formula is C19H17FN8OS2. The van der Waals surface area contributed by atoms with Gasteiger partial charge in [-0.25, -0.2) is 9.07 Å². The maximum absolute atomic E-state index is 13.0. The van der Waals surface area contributed by atoms with E-state index in [9.17, 15) is 4.39 Å². The zero-order valence-corrected chi connectivity index (χ0v) is 17.8. The number of ether oxygens (including phenoxy) is 1. The summed E-state index contributed by atoms with van der Waals surface area (Å²) in [7, 11) is 0. The second-order valence-electron chi connectivity index (χ2n) is 6.71. The molecule has 0 amide bonds. The van der Waals surface area contributed by atoms with Gasteiger partial charge in [0.15, 0.2) is 16.8 Å². The number of nitrogens with two attached hydrogens (primary N) is 1. The monoisotopic (exact) mass is 456 g/mol. The number of fused-ring (bicyclic) bond motifs is 1.